The molecule has 0 saturated heterocycles. The van der Waals surface area contributed by atoms with Crippen molar-refractivity contribution in [2.45, 2.75) is 26.7 Å². The Balaban J connectivity index is 2.73. The van der Waals surface area contributed by atoms with E-state index in [0.29, 0.717) is 21.9 Å². The number of hydrogen-bond acceptors (Lipinski definition) is 1. The third kappa shape index (κ3) is 3.97. The Morgan fingerprint density at radius 2 is 1.88 bits per heavy atom. The molecule has 1 aromatic rings. The zero-order chi connectivity index (χ0) is 12.1. The summed E-state index contributed by atoms with van der Waals surface area (Å²) >= 11 is 11.9. The van der Waals surface area contributed by atoms with Crippen molar-refractivity contribution < 1.29 is 0 Å². The van der Waals surface area contributed by atoms with Crippen LogP contribution < -0.4 is 5.73 Å². The van der Waals surface area contributed by atoms with Crippen molar-refractivity contribution in [2.24, 2.45) is 17.6 Å². The third-order valence-corrected chi connectivity index (χ3v) is 3.70. The average Bonchev–Trinajstić information content (AvgIpc) is 2.22. The molecule has 90 valence electrons. The molecule has 0 aromatic heterocycles. The van der Waals surface area contributed by atoms with E-state index in [1.807, 2.05) is 18.2 Å². The molecule has 1 aromatic carbocycles. The summed E-state index contributed by atoms with van der Waals surface area (Å²) in [5, 5.41) is 1.25. The highest BCUT2D eigenvalue weighted by Crippen LogP contribution is 2.26. The van der Waals surface area contributed by atoms with Crippen LogP contribution in [0.5, 0.6) is 0 Å². The minimum absolute atomic E-state index is 0.613. The molecule has 0 spiro atoms. The molecule has 1 nitrogen and oxygen atoms in total. The predicted molar refractivity (Wildman–Crippen MR) is 72.2 cm³/mol. The molecule has 0 fully saturated rings. The fourth-order valence-electron chi connectivity index (χ4n) is 1.85. The number of hydrogen-bond donors (Lipinski definition) is 1. The summed E-state index contributed by atoms with van der Waals surface area (Å²) in [6.07, 6.45) is 2.07. The average molecular weight is 260 g/mol. The molecule has 1 unspecified atom stereocenters. The molecule has 2 N–H and O–H groups in total. The van der Waals surface area contributed by atoms with Crippen molar-refractivity contribution in [3.05, 3.63) is 33.8 Å². The monoisotopic (exact) mass is 259 g/mol. The van der Waals surface area contributed by atoms with E-state index in [9.17, 15) is 0 Å². The van der Waals surface area contributed by atoms with Gasteiger partial charge in [-0.05, 0) is 48.9 Å². The van der Waals surface area contributed by atoms with E-state index in [2.05, 4.69) is 13.8 Å². The molecule has 0 heterocycles. The first-order chi connectivity index (χ1) is 7.54. The first kappa shape index (κ1) is 13.8. The number of nitrogens with two attached hydrogens (primary N) is 1. The van der Waals surface area contributed by atoms with Gasteiger partial charge in [0.1, 0.15) is 0 Å². The summed E-state index contributed by atoms with van der Waals surface area (Å²) in [5.74, 6) is 1.25. The molecule has 0 aliphatic carbocycles. The Morgan fingerprint density at radius 1 is 1.19 bits per heavy atom. The molecule has 0 amide bonds. The first-order valence-corrected chi connectivity index (χ1v) is 6.44. The summed E-state index contributed by atoms with van der Waals surface area (Å²) in [5.41, 5.74) is 6.87. The maximum absolute atomic E-state index is 6.00. The molecule has 16 heavy (non-hydrogen) atoms. The zero-order valence-electron chi connectivity index (χ0n) is 9.84. The van der Waals surface area contributed by atoms with Crippen LogP contribution in [0.1, 0.15) is 25.8 Å². The highest BCUT2D eigenvalue weighted by Gasteiger charge is 2.13. The third-order valence-electron chi connectivity index (χ3n) is 2.96. The van der Waals surface area contributed by atoms with Gasteiger partial charge in [0.25, 0.3) is 0 Å². The maximum Gasteiger partial charge on any atom is 0.0595 e. The van der Waals surface area contributed by atoms with E-state index in [1.54, 1.807) is 0 Å². The highest BCUT2D eigenvalue weighted by atomic mass is 35.5. The van der Waals surface area contributed by atoms with E-state index in [0.717, 1.165) is 19.4 Å². The van der Waals surface area contributed by atoms with Crippen LogP contribution in [0.15, 0.2) is 18.2 Å². The standard InChI is InChI=1S/C13H19Cl2N/c1-9(2)11(5-6-16)7-10-3-4-12(14)13(15)8-10/h3-4,8-9,11H,5-7,16H2,1-2H3. The second kappa shape index (κ2) is 6.48. The van der Waals surface area contributed by atoms with Crippen molar-refractivity contribution in [1.82, 2.24) is 0 Å². The van der Waals surface area contributed by atoms with Crippen molar-refractivity contribution in [3.8, 4) is 0 Å². The van der Waals surface area contributed by atoms with Crippen molar-refractivity contribution in [1.29, 1.82) is 0 Å². The lowest BCUT2D eigenvalue weighted by molar-refractivity contribution is 0.362. The van der Waals surface area contributed by atoms with E-state index in [-0.39, 0.29) is 0 Å². The summed E-state index contributed by atoms with van der Waals surface area (Å²) in [4.78, 5) is 0. The van der Waals surface area contributed by atoms with Crippen molar-refractivity contribution in [2.75, 3.05) is 6.54 Å². The summed E-state index contributed by atoms with van der Waals surface area (Å²) < 4.78 is 0. The van der Waals surface area contributed by atoms with Gasteiger partial charge in [-0.25, -0.2) is 0 Å². The lowest BCUT2D eigenvalue weighted by atomic mass is 9.87. The summed E-state index contributed by atoms with van der Waals surface area (Å²) in [7, 11) is 0. The molecule has 0 bridgehead atoms. The van der Waals surface area contributed by atoms with Gasteiger partial charge >= 0.3 is 0 Å². The molecule has 0 aliphatic rings. The van der Waals surface area contributed by atoms with E-state index in [1.165, 1.54) is 5.56 Å². The molecule has 3 heteroatoms. The molecule has 0 saturated carbocycles. The Morgan fingerprint density at radius 3 is 2.38 bits per heavy atom. The van der Waals surface area contributed by atoms with Crippen molar-refractivity contribution >= 4 is 23.2 Å². The number of rotatable bonds is 5. The van der Waals surface area contributed by atoms with Crippen molar-refractivity contribution in [3.63, 3.8) is 0 Å². The van der Waals surface area contributed by atoms with Crippen LogP contribution >= 0.6 is 23.2 Å². The quantitative estimate of drug-likeness (QED) is 0.845. The zero-order valence-corrected chi connectivity index (χ0v) is 11.4. The maximum atomic E-state index is 6.00. The van der Waals surface area contributed by atoms with Crippen LogP contribution in [0.25, 0.3) is 0 Å². The second-order valence-electron chi connectivity index (χ2n) is 4.53. The first-order valence-electron chi connectivity index (χ1n) is 5.68. The normalized spacial score (nSPS) is 13.1. The van der Waals surface area contributed by atoms with Gasteiger partial charge in [0.2, 0.25) is 0 Å². The fourth-order valence-corrected chi connectivity index (χ4v) is 2.18. The van der Waals surface area contributed by atoms with Gasteiger partial charge in [-0.2, -0.15) is 0 Å². The smallest absolute Gasteiger partial charge is 0.0595 e. The Hall–Kier alpha value is -0.240. The van der Waals surface area contributed by atoms with E-state index >= 15 is 0 Å². The van der Waals surface area contributed by atoms with Crippen LogP contribution in [-0.2, 0) is 6.42 Å². The van der Waals surface area contributed by atoms with Gasteiger partial charge < -0.3 is 5.73 Å². The highest BCUT2D eigenvalue weighted by molar-refractivity contribution is 6.42. The minimum Gasteiger partial charge on any atom is -0.330 e. The van der Waals surface area contributed by atoms with E-state index in [4.69, 9.17) is 28.9 Å². The van der Waals surface area contributed by atoms with Gasteiger partial charge in [-0.3, -0.25) is 0 Å². The number of halogens is 2. The molecular formula is C13H19Cl2N. The van der Waals surface area contributed by atoms with Crippen LogP contribution in [0.2, 0.25) is 10.0 Å². The predicted octanol–water partition coefficient (Wildman–Crippen LogP) is 4.16. The topological polar surface area (TPSA) is 26.0 Å². The molecule has 0 aliphatic heterocycles. The van der Waals surface area contributed by atoms with Gasteiger partial charge in [0, 0.05) is 0 Å². The molecule has 1 atom stereocenters. The Bertz CT molecular complexity index is 337. The van der Waals surface area contributed by atoms with Gasteiger partial charge in [0.05, 0.1) is 10.0 Å². The summed E-state index contributed by atoms with van der Waals surface area (Å²) in [6.45, 7) is 5.21. The van der Waals surface area contributed by atoms with Crippen LogP contribution in [0.3, 0.4) is 0 Å². The molecular weight excluding hydrogens is 241 g/mol. The fraction of sp³-hybridized carbons (Fsp3) is 0.538. The minimum atomic E-state index is 0.613. The van der Waals surface area contributed by atoms with Crippen LogP contribution in [-0.4, -0.2) is 6.54 Å². The van der Waals surface area contributed by atoms with Crippen LogP contribution in [0.4, 0.5) is 0 Å². The number of benzene rings is 1. The molecule has 1 rings (SSSR count). The Labute approximate surface area is 108 Å². The van der Waals surface area contributed by atoms with Gasteiger partial charge in [-0.1, -0.05) is 43.1 Å². The van der Waals surface area contributed by atoms with Gasteiger partial charge in [0.15, 0.2) is 0 Å². The second-order valence-corrected chi connectivity index (χ2v) is 5.35. The Kier molecular flexibility index (Phi) is 5.60. The SMILES string of the molecule is CC(C)C(CCN)Cc1ccc(Cl)c(Cl)c1. The van der Waals surface area contributed by atoms with E-state index < -0.39 is 0 Å². The largest absolute Gasteiger partial charge is 0.330 e. The summed E-state index contributed by atoms with van der Waals surface area (Å²) in [6, 6.07) is 5.86. The van der Waals surface area contributed by atoms with Crippen LogP contribution in [0, 0.1) is 11.8 Å². The lowest BCUT2D eigenvalue weighted by Gasteiger charge is -2.20. The molecule has 0 radical (unpaired) electrons. The van der Waals surface area contributed by atoms with Gasteiger partial charge in [-0.15, -0.1) is 0 Å². The lowest BCUT2D eigenvalue weighted by Crippen LogP contribution is -2.16.